The van der Waals surface area contributed by atoms with E-state index in [4.69, 9.17) is 10.5 Å². The number of benzene rings is 1. The van der Waals surface area contributed by atoms with E-state index in [9.17, 15) is 0 Å². The summed E-state index contributed by atoms with van der Waals surface area (Å²) in [4.78, 5) is 2.30. The Labute approximate surface area is 117 Å². The molecule has 0 saturated carbocycles. The van der Waals surface area contributed by atoms with Gasteiger partial charge in [-0.2, -0.15) is 0 Å². The molecule has 0 aromatic heterocycles. The Hall–Kier alpha value is -0.900. The van der Waals surface area contributed by atoms with Crippen molar-refractivity contribution in [3.63, 3.8) is 0 Å². The van der Waals surface area contributed by atoms with Crippen LogP contribution in [0.5, 0.6) is 0 Å². The van der Waals surface area contributed by atoms with Gasteiger partial charge in [0.15, 0.2) is 0 Å². The second-order valence-electron chi connectivity index (χ2n) is 5.11. The van der Waals surface area contributed by atoms with Crippen LogP contribution in [0.25, 0.3) is 0 Å². The maximum atomic E-state index is 6.31. The lowest BCUT2D eigenvalue weighted by molar-refractivity contribution is 0.100. The fourth-order valence-electron chi connectivity index (χ4n) is 2.31. The first-order valence-corrected chi connectivity index (χ1v) is 7.20. The van der Waals surface area contributed by atoms with E-state index < -0.39 is 0 Å². The first-order valence-electron chi connectivity index (χ1n) is 7.20. The molecule has 0 heterocycles. The summed E-state index contributed by atoms with van der Waals surface area (Å²) in [5, 5.41) is 0. The van der Waals surface area contributed by atoms with Gasteiger partial charge in [-0.1, -0.05) is 36.8 Å². The third kappa shape index (κ3) is 4.94. The zero-order valence-electron chi connectivity index (χ0n) is 12.7. The molecule has 0 amide bonds. The molecule has 0 spiro atoms. The summed E-state index contributed by atoms with van der Waals surface area (Å²) in [6.45, 7) is 8.70. The molecule has 0 aliphatic carbocycles. The number of aryl methyl sites for hydroxylation is 1. The molecule has 2 unspecified atom stereocenters. The van der Waals surface area contributed by atoms with Gasteiger partial charge >= 0.3 is 0 Å². The molecule has 0 saturated heterocycles. The maximum absolute atomic E-state index is 6.31. The third-order valence-corrected chi connectivity index (χ3v) is 3.56. The van der Waals surface area contributed by atoms with E-state index in [-0.39, 0.29) is 12.1 Å². The molecule has 108 valence electrons. The molecule has 0 fully saturated rings. The number of hydrogen-bond acceptors (Lipinski definition) is 3. The lowest BCUT2D eigenvalue weighted by atomic mass is 9.96. The van der Waals surface area contributed by atoms with Crippen molar-refractivity contribution < 1.29 is 4.74 Å². The van der Waals surface area contributed by atoms with Gasteiger partial charge in [0.25, 0.3) is 0 Å². The number of likely N-dealkylation sites (N-methyl/N-ethyl adjacent to an activating group) is 1. The van der Waals surface area contributed by atoms with Crippen molar-refractivity contribution >= 4 is 0 Å². The Bertz CT molecular complexity index is 350. The van der Waals surface area contributed by atoms with Gasteiger partial charge in [-0.05, 0) is 32.9 Å². The van der Waals surface area contributed by atoms with Gasteiger partial charge in [0.05, 0.1) is 6.61 Å². The standard InChI is InChI=1S/C16H28N2O/c1-5-15(17)16(18(4)11-12-19-6-2)14-9-7-13(3)8-10-14/h7-10,15-16H,5-6,11-12,17H2,1-4H3. The molecule has 1 aromatic carbocycles. The van der Waals surface area contributed by atoms with Crippen LogP contribution in [0.2, 0.25) is 0 Å². The lowest BCUT2D eigenvalue weighted by Crippen LogP contribution is -2.40. The molecule has 1 rings (SSSR count). The van der Waals surface area contributed by atoms with Crippen LogP contribution in [0.3, 0.4) is 0 Å². The molecular formula is C16H28N2O. The van der Waals surface area contributed by atoms with Crippen molar-refractivity contribution in [3.8, 4) is 0 Å². The monoisotopic (exact) mass is 264 g/mol. The number of hydrogen-bond donors (Lipinski definition) is 1. The highest BCUT2D eigenvalue weighted by molar-refractivity contribution is 5.25. The summed E-state index contributed by atoms with van der Waals surface area (Å²) in [6, 6.07) is 9.09. The highest BCUT2D eigenvalue weighted by Crippen LogP contribution is 2.24. The maximum Gasteiger partial charge on any atom is 0.0593 e. The fourth-order valence-corrected chi connectivity index (χ4v) is 2.31. The van der Waals surface area contributed by atoms with Gasteiger partial charge in [0, 0.05) is 25.2 Å². The largest absolute Gasteiger partial charge is 0.380 e. The molecule has 2 atom stereocenters. The summed E-state index contributed by atoms with van der Waals surface area (Å²) < 4.78 is 5.44. The van der Waals surface area contributed by atoms with Crippen molar-refractivity contribution in [1.29, 1.82) is 0 Å². The van der Waals surface area contributed by atoms with Crippen molar-refractivity contribution in [1.82, 2.24) is 4.90 Å². The van der Waals surface area contributed by atoms with Crippen LogP contribution >= 0.6 is 0 Å². The highest BCUT2D eigenvalue weighted by Gasteiger charge is 2.22. The van der Waals surface area contributed by atoms with Crippen LogP contribution in [0.4, 0.5) is 0 Å². The van der Waals surface area contributed by atoms with E-state index in [1.54, 1.807) is 0 Å². The van der Waals surface area contributed by atoms with Crippen LogP contribution in [-0.2, 0) is 4.74 Å². The Morgan fingerprint density at radius 2 is 1.84 bits per heavy atom. The van der Waals surface area contributed by atoms with E-state index in [0.717, 1.165) is 26.2 Å². The molecule has 19 heavy (non-hydrogen) atoms. The molecule has 0 aliphatic rings. The smallest absolute Gasteiger partial charge is 0.0593 e. The molecule has 0 bridgehead atoms. The van der Waals surface area contributed by atoms with E-state index in [0.29, 0.717) is 0 Å². The average Bonchev–Trinajstić information content (AvgIpc) is 2.41. The van der Waals surface area contributed by atoms with Gasteiger partial charge in [0.2, 0.25) is 0 Å². The predicted octanol–water partition coefficient (Wildman–Crippen LogP) is 2.74. The van der Waals surface area contributed by atoms with Crippen molar-refractivity contribution in [2.75, 3.05) is 26.8 Å². The molecular weight excluding hydrogens is 236 g/mol. The first kappa shape index (κ1) is 16.2. The fraction of sp³-hybridized carbons (Fsp3) is 0.625. The van der Waals surface area contributed by atoms with Crippen LogP contribution < -0.4 is 5.73 Å². The third-order valence-electron chi connectivity index (χ3n) is 3.56. The minimum absolute atomic E-state index is 0.148. The second kappa shape index (κ2) is 8.31. The van der Waals surface area contributed by atoms with E-state index in [2.05, 4.69) is 50.1 Å². The van der Waals surface area contributed by atoms with Gasteiger partial charge in [-0.25, -0.2) is 0 Å². The normalized spacial score (nSPS) is 14.6. The molecule has 0 aliphatic heterocycles. The first-order chi connectivity index (χ1) is 9.10. The Kier molecular flexibility index (Phi) is 7.06. The van der Waals surface area contributed by atoms with Gasteiger partial charge in [0.1, 0.15) is 0 Å². The van der Waals surface area contributed by atoms with Crippen molar-refractivity contribution in [2.45, 2.75) is 39.3 Å². The summed E-state index contributed by atoms with van der Waals surface area (Å²) in [7, 11) is 2.12. The Balaban J connectivity index is 2.79. The molecule has 3 nitrogen and oxygen atoms in total. The molecule has 1 aromatic rings. The lowest BCUT2D eigenvalue weighted by Gasteiger charge is -2.32. The second-order valence-corrected chi connectivity index (χ2v) is 5.11. The number of ether oxygens (including phenoxy) is 1. The number of nitrogens with two attached hydrogens (primary N) is 1. The van der Waals surface area contributed by atoms with Crippen LogP contribution in [-0.4, -0.2) is 37.7 Å². The van der Waals surface area contributed by atoms with E-state index in [1.165, 1.54) is 11.1 Å². The summed E-state index contributed by atoms with van der Waals surface area (Å²) >= 11 is 0. The molecule has 2 N–H and O–H groups in total. The Morgan fingerprint density at radius 1 is 1.21 bits per heavy atom. The number of nitrogens with zero attached hydrogens (tertiary/aromatic N) is 1. The summed E-state index contributed by atoms with van der Waals surface area (Å²) in [5.74, 6) is 0. The minimum Gasteiger partial charge on any atom is -0.380 e. The summed E-state index contributed by atoms with van der Waals surface area (Å²) in [6.07, 6.45) is 0.970. The quantitative estimate of drug-likeness (QED) is 0.734. The summed E-state index contributed by atoms with van der Waals surface area (Å²) in [5.41, 5.74) is 8.88. The van der Waals surface area contributed by atoms with Crippen LogP contribution in [0.15, 0.2) is 24.3 Å². The highest BCUT2D eigenvalue weighted by atomic mass is 16.5. The zero-order chi connectivity index (χ0) is 14.3. The Morgan fingerprint density at radius 3 is 2.37 bits per heavy atom. The molecule has 0 radical (unpaired) electrons. The average molecular weight is 264 g/mol. The molecule has 3 heteroatoms. The van der Waals surface area contributed by atoms with Crippen LogP contribution in [0.1, 0.15) is 37.4 Å². The van der Waals surface area contributed by atoms with E-state index >= 15 is 0 Å². The van der Waals surface area contributed by atoms with Gasteiger partial charge in [-0.3, -0.25) is 4.90 Å². The van der Waals surface area contributed by atoms with Crippen LogP contribution in [0, 0.1) is 6.92 Å². The van der Waals surface area contributed by atoms with Crippen molar-refractivity contribution in [3.05, 3.63) is 35.4 Å². The number of rotatable bonds is 8. The van der Waals surface area contributed by atoms with E-state index in [1.807, 2.05) is 6.92 Å². The van der Waals surface area contributed by atoms with Crippen molar-refractivity contribution in [2.24, 2.45) is 5.73 Å². The predicted molar refractivity (Wildman–Crippen MR) is 81.3 cm³/mol. The SMILES string of the molecule is CCOCCN(C)C(c1ccc(C)cc1)C(N)CC. The van der Waals surface area contributed by atoms with Gasteiger partial charge < -0.3 is 10.5 Å². The minimum atomic E-state index is 0.148. The topological polar surface area (TPSA) is 38.5 Å². The zero-order valence-corrected chi connectivity index (χ0v) is 12.7. The van der Waals surface area contributed by atoms with Gasteiger partial charge in [-0.15, -0.1) is 0 Å².